The second-order valence-electron chi connectivity index (χ2n) is 4.94. The number of amides is 1. The van der Waals surface area contributed by atoms with Crippen molar-refractivity contribution in [1.82, 2.24) is 5.32 Å². The van der Waals surface area contributed by atoms with E-state index in [1.54, 1.807) is 30.3 Å². The van der Waals surface area contributed by atoms with E-state index >= 15 is 0 Å². The first-order chi connectivity index (χ1) is 11.1. The Morgan fingerprint density at radius 3 is 2.39 bits per heavy atom. The first kappa shape index (κ1) is 16.8. The molecule has 2 aromatic rings. The zero-order valence-electron chi connectivity index (χ0n) is 12.3. The van der Waals surface area contributed by atoms with E-state index in [2.05, 4.69) is 5.32 Å². The van der Waals surface area contributed by atoms with Gasteiger partial charge in [0, 0.05) is 17.5 Å². The molecule has 0 spiro atoms. The molecule has 0 aliphatic carbocycles. The third-order valence-electron chi connectivity index (χ3n) is 3.22. The monoisotopic (exact) mass is 329 g/mol. The Bertz CT molecular complexity index is 713. The summed E-state index contributed by atoms with van der Waals surface area (Å²) in [6.07, 6.45) is 3.06. The number of rotatable bonds is 6. The first-order valence-electron chi connectivity index (χ1n) is 7.06. The number of carbonyl (C=O) groups excluding carboxylic acids is 1. The van der Waals surface area contributed by atoms with Gasteiger partial charge in [0.2, 0.25) is 5.91 Å². The molecular weight excluding hydrogens is 314 g/mol. The van der Waals surface area contributed by atoms with Crippen LogP contribution < -0.4 is 5.32 Å². The minimum atomic E-state index is -1.08. The van der Waals surface area contributed by atoms with Crippen LogP contribution in [0.1, 0.15) is 11.1 Å². The molecule has 2 rings (SSSR count). The highest BCUT2D eigenvalue weighted by atomic mass is 35.5. The lowest BCUT2D eigenvalue weighted by molar-refractivity contribution is -0.141. The number of benzene rings is 2. The predicted octanol–water partition coefficient (Wildman–Crippen LogP) is 3.17. The maximum absolute atomic E-state index is 11.9. The van der Waals surface area contributed by atoms with Crippen molar-refractivity contribution in [2.45, 2.75) is 12.5 Å². The van der Waals surface area contributed by atoms with Gasteiger partial charge in [0.1, 0.15) is 6.04 Å². The average Bonchev–Trinajstić information content (AvgIpc) is 2.54. The van der Waals surface area contributed by atoms with Crippen LogP contribution in [0.25, 0.3) is 6.08 Å². The molecular formula is C18H16ClNO3. The van der Waals surface area contributed by atoms with Crippen LogP contribution in [-0.2, 0) is 16.0 Å². The van der Waals surface area contributed by atoms with Gasteiger partial charge < -0.3 is 10.4 Å². The molecule has 0 radical (unpaired) electrons. The van der Waals surface area contributed by atoms with Crippen LogP contribution in [0.2, 0.25) is 5.02 Å². The fourth-order valence-corrected chi connectivity index (χ4v) is 2.24. The van der Waals surface area contributed by atoms with Crippen molar-refractivity contribution in [3.05, 3.63) is 76.8 Å². The molecule has 0 heterocycles. The molecule has 118 valence electrons. The predicted molar refractivity (Wildman–Crippen MR) is 90.2 cm³/mol. The maximum atomic E-state index is 11.9. The summed E-state index contributed by atoms with van der Waals surface area (Å²) in [5.74, 6) is -1.55. The van der Waals surface area contributed by atoms with Gasteiger partial charge in [-0.05, 0) is 23.3 Å². The topological polar surface area (TPSA) is 66.4 Å². The number of nitrogens with one attached hydrogen (secondary N) is 1. The number of halogens is 1. The number of hydrogen-bond donors (Lipinski definition) is 2. The molecule has 0 fully saturated rings. The molecule has 0 bridgehead atoms. The van der Waals surface area contributed by atoms with Crippen molar-refractivity contribution >= 4 is 29.6 Å². The quantitative estimate of drug-likeness (QED) is 0.800. The molecule has 0 aliphatic rings. The normalized spacial score (nSPS) is 12.0. The van der Waals surface area contributed by atoms with Crippen LogP contribution in [0.5, 0.6) is 0 Å². The summed E-state index contributed by atoms with van der Waals surface area (Å²) >= 11 is 5.99. The largest absolute Gasteiger partial charge is 0.480 e. The number of carboxylic acid groups (broad SMARTS) is 1. The molecule has 1 atom stereocenters. The third-order valence-corrected chi connectivity index (χ3v) is 3.56. The molecule has 2 aromatic carbocycles. The van der Waals surface area contributed by atoms with E-state index in [-0.39, 0.29) is 6.42 Å². The lowest BCUT2D eigenvalue weighted by Crippen LogP contribution is -2.41. The molecule has 0 aromatic heterocycles. The van der Waals surface area contributed by atoms with Crippen LogP contribution in [0.15, 0.2) is 60.7 Å². The molecule has 5 heteroatoms. The Labute approximate surface area is 139 Å². The number of aliphatic carboxylic acids is 1. The average molecular weight is 330 g/mol. The second kappa shape index (κ2) is 8.15. The van der Waals surface area contributed by atoms with Crippen LogP contribution >= 0.6 is 11.6 Å². The Morgan fingerprint density at radius 2 is 1.74 bits per heavy atom. The minimum absolute atomic E-state index is 0.224. The Balaban J connectivity index is 2.01. The van der Waals surface area contributed by atoms with Crippen molar-refractivity contribution in [3.8, 4) is 0 Å². The highest BCUT2D eigenvalue weighted by molar-refractivity contribution is 6.32. The van der Waals surface area contributed by atoms with E-state index in [1.807, 2.05) is 30.3 Å². The van der Waals surface area contributed by atoms with E-state index in [0.717, 1.165) is 5.56 Å². The van der Waals surface area contributed by atoms with Gasteiger partial charge in [-0.25, -0.2) is 4.79 Å². The van der Waals surface area contributed by atoms with E-state index in [1.165, 1.54) is 6.08 Å². The van der Waals surface area contributed by atoms with Gasteiger partial charge in [-0.3, -0.25) is 4.79 Å². The van der Waals surface area contributed by atoms with E-state index in [9.17, 15) is 14.7 Å². The fraction of sp³-hybridized carbons (Fsp3) is 0.111. The Morgan fingerprint density at radius 1 is 1.09 bits per heavy atom. The minimum Gasteiger partial charge on any atom is -0.480 e. The van der Waals surface area contributed by atoms with E-state index in [4.69, 9.17) is 11.6 Å². The molecule has 4 nitrogen and oxygen atoms in total. The van der Waals surface area contributed by atoms with Crippen molar-refractivity contribution in [2.24, 2.45) is 0 Å². The fourth-order valence-electron chi connectivity index (χ4n) is 2.05. The lowest BCUT2D eigenvalue weighted by atomic mass is 10.1. The molecule has 0 saturated heterocycles. The summed E-state index contributed by atoms with van der Waals surface area (Å²) < 4.78 is 0. The van der Waals surface area contributed by atoms with Crippen molar-refractivity contribution in [1.29, 1.82) is 0 Å². The summed E-state index contributed by atoms with van der Waals surface area (Å²) in [4.78, 5) is 23.2. The summed E-state index contributed by atoms with van der Waals surface area (Å²) in [5.41, 5.74) is 1.54. The van der Waals surface area contributed by atoms with Gasteiger partial charge in [-0.2, -0.15) is 0 Å². The standard InChI is InChI=1S/C18H16ClNO3/c19-15-9-5-4-8-14(15)10-11-17(21)20-16(18(22)23)12-13-6-2-1-3-7-13/h1-11,16H,12H2,(H,20,21)(H,22,23)/b11-10+. The van der Waals surface area contributed by atoms with Gasteiger partial charge in [0.15, 0.2) is 0 Å². The van der Waals surface area contributed by atoms with Crippen LogP contribution in [0, 0.1) is 0 Å². The molecule has 23 heavy (non-hydrogen) atoms. The third kappa shape index (κ3) is 5.27. The Kier molecular flexibility index (Phi) is 5.94. The smallest absolute Gasteiger partial charge is 0.326 e. The SMILES string of the molecule is O=C(/C=C/c1ccccc1Cl)NC(Cc1ccccc1)C(=O)O. The number of carbonyl (C=O) groups is 2. The van der Waals surface area contributed by atoms with Crippen LogP contribution in [-0.4, -0.2) is 23.0 Å². The first-order valence-corrected chi connectivity index (χ1v) is 7.44. The second-order valence-corrected chi connectivity index (χ2v) is 5.35. The van der Waals surface area contributed by atoms with Crippen molar-refractivity contribution < 1.29 is 14.7 Å². The van der Waals surface area contributed by atoms with Gasteiger partial charge in [-0.15, -0.1) is 0 Å². The van der Waals surface area contributed by atoms with E-state index < -0.39 is 17.9 Å². The number of carboxylic acids is 1. The summed E-state index contributed by atoms with van der Waals surface area (Å²) in [6, 6.07) is 15.2. The summed E-state index contributed by atoms with van der Waals surface area (Å²) in [7, 11) is 0. The van der Waals surface area contributed by atoms with Gasteiger partial charge in [0.05, 0.1) is 0 Å². The molecule has 0 aliphatic heterocycles. The molecule has 1 unspecified atom stereocenters. The van der Waals surface area contributed by atoms with Crippen LogP contribution in [0.3, 0.4) is 0 Å². The summed E-state index contributed by atoms with van der Waals surface area (Å²) in [5, 5.41) is 12.3. The van der Waals surface area contributed by atoms with Gasteiger partial charge in [-0.1, -0.05) is 60.1 Å². The molecule has 1 amide bonds. The lowest BCUT2D eigenvalue weighted by Gasteiger charge is -2.13. The zero-order chi connectivity index (χ0) is 16.7. The van der Waals surface area contributed by atoms with Gasteiger partial charge >= 0.3 is 5.97 Å². The zero-order valence-corrected chi connectivity index (χ0v) is 13.0. The summed E-state index contributed by atoms with van der Waals surface area (Å²) in [6.45, 7) is 0. The molecule has 2 N–H and O–H groups in total. The van der Waals surface area contributed by atoms with E-state index in [0.29, 0.717) is 10.6 Å². The van der Waals surface area contributed by atoms with Crippen molar-refractivity contribution in [3.63, 3.8) is 0 Å². The Hall–Kier alpha value is -2.59. The number of hydrogen-bond acceptors (Lipinski definition) is 2. The highest BCUT2D eigenvalue weighted by Crippen LogP contribution is 2.16. The van der Waals surface area contributed by atoms with Crippen molar-refractivity contribution in [2.75, 3.05) is 0 Å². The van der Waals surface area contributed by atoms with Gasteiger partial charge in [0.25, 0.3) is 0 Å². The maximum Gasteiger partial charge on any atom is 0.326 e. The molecule has 0 saturated carbocycles. The highest BCUT2D eigenvalue weighted by Gasteiger charge is 2.19. The van der Waals surface area contributed by atoms with Crippen LogP contribution in [0.4, 0.5) is 0 Å².